The van der Waals surface area contributed by atoms with Gasteiger partial charge in [-0.15, -0.1) is 0 Å². The lowest BCUT2D eigenvalue weighted by molar-refractivity contribution is -0.149. The van der Waals surface area contributed by atoms with Gasteiger partial charge in [-0.3, -0.25) is 9.59 Å². The summed E-state index contributed by atoms with van der Waals surface area (Å²) in [5.74, 6) is -3.28. The average molecular weight is 203 g/mol. The van der Waals surface area contributed by atoms with E-state index in [9.17, 15) is 14.4 Å². The summed E-state index contributed by atoms with van der Waals surface area (Å²) in [6.45, 7) is 1.79. The molecule has 1 unspecified atom stereocenters. The van der Waals surface area contributed by atoms with E-state index in [1.54, 1.807) is 0 Å². The van der Waals surface area contributed by atoms with Crippen LogP contribution in [-0.2, 0) is 14.4 Å². The van der Waals surface area contributed by atoms with Crippen LogP contribution in [0.15, 0.2) is 0 Å². The molecule has 0 aliphatic carbocycles. The first-order valence-electron chi connectivity index (χ1n) is 4.17. The van der Waals surface area contributed by atoms with Crippen LogP contribution in [0, 0.1) is 0 Å². The predicted molar refractivity (Wildman–Crippen MR) is 47.0 cm³/mol. The Labute approximate surface area is 80.9 Å². The van der Waals surface area contributed by atoms with E-state index in [4.69, 9.17) is 10.2 Å². The fourth-order valence-corrected chi connectivity index (χ4v) is 0.762. The number of hydrogen-bond donors (Lipinski definition) is 3. The van der Waals surface area contributed by atoms with Crippen LogP contribution in [0.3, 0.4) is 0 Å². The highest BCUT2D eigenvalue weighted by atomic mass is 16.4. The number of carboxylic acid groups (broad SMARTS) is 2. The van der Waals surface area contributed by atoms with Crippen molar-refractivity contribution in [2.45, 2.75) is 25.8 Å². The predicted octanol–water partition coefficient (Wildman–Crippen LogP) is -0.517. The number of carbonyl (C=O) groups is 3. The van der Waals surface area contributed by atoms with Crippen LogP contribution in [0.25, 0.3) is 0 Å². The Morgan fingerprint density at radius 2 is 1.86 bits per heavy atom. The maximum atomic E-state index is 10.6. The van der Waals surface area contributed by atoms with Gasteiger partial charge < -0.3 is 15.5 Å². The van der Waals surface area contributed by atoms with Gasteiger partial charge in [-0.2, -0.15) is 0 Å². The van der Waals surface area contributed by atoms with Crippen LogP contribution in [0.1, 0.15) is 19.8 Å². The molecule has 6 heteroatoms. The summed E-state index contributed by atoms with van der Waals surface area (Å²) in [5.41, 5.74) is 0. The number of aliphatic carboxylic acids is 2. The van der Waals surface area contributed by atoms with E-state index in [1.165, 1.54) is 6.92 Å². The highest BCUT2D eigenvalue weighted by Crippen LogP contribution is 1.91. The molecule has 0 heterocycles. The fraction of sp³-hybridized carbons (Fsp3) is 0.625. The average Bonchev–Trinajstić information content (AvgIpc) is 2.11. The first-order valence-corrected chi connectivity index (χ1v) is 4.17. The molecule has 0 bridgehead atoms. The van der Waals surface area contributed by atoms with Crippen LogP contribution in [0.2, 0.25) is 0 Å². The maximum absolute atomic E-state index is 10.6. The topological polar surface area (TPSA) is 104 Å². The van der Waals surface area contributed by atoms with Crippen molar-refractivity contribution in [3.8, 4) is 0 Å². The minimum atomic E-state index is -1.45. The van der Waals surface area contributed by atoms with Crippen molar-refractivity contribution in [3.05, 3.63) is 0 Å². The van der Waals surface area contributed by atoms with Crippen LogP contribution in [0.5, 0.6) is 0 Å². The van der Waals surface area contributed by atoms with E-state index >= 15 is 0 Å². The zero-order valence-electron chi connectivity index (χ0n) is 7.82. The molecule has 0 radical (unpaired) electrons. The minimum absolute atomic E-state index is 0.0747. The first kappa shape index (κ1) is 12.6. The molecular formula is C8H13NO5. The van der Waals surface area contributed by atoms with Crippen LogP contribution >= 0.6 is 0 Å². The normalized spacial score (nSPS) is 12.1. The second kappa shape index (κ2) is 6.09. The van der Waals surface area contributed by atoms with Gasteiger partial charge in [0.1, 0.15) is 6.04 Å². The third-order valence-electron chi connectivity index (χ3n) is 1.64. The van der Waals surface area contributed by atoms with E-state index in [1.807, 2.05) is 0 Å². The molecule has 0 rings (SSSR count). The Bertz CT molecular complexity index is 238. The molecule has 0 fully saturated rings. The molecule has 0 spiro atoms. The SMILES string of the molecule is CC(NCCCC(=O)C(=O)O)C(=O)O. The van der Waals surface area contributed by atoms with Gasteiger partial charge in [0.25, 0.3) is 0 Å². The van der Waals surface area contributed by atoms with Crippen molar-refractivity contribution in [2.75, 3.05) is 6.54 Å². The third-order valence-corrected chi connectivity index (χ3v) is 1.64. The molecule has 3 N–H and O–H groups in total. The Balaban J connectivity index is 3.52. The number of hydrogen-bond acceptors (Lipinski definition) is 4. The summed E-state index contributed by atoms with van der Waals surface area (Å²) in [5, 5.41) is 19.3. The number of carboxylic acids is 2. The number of ketones is 1. The largest absolute Gasteiger partial charge is 0.480 e. The molecule has 0 aromatic rings. The number of nitrogens with one attached hydrogen (secondary N) is 1. The minimum Gasteiger partial charge on any atom is -0.480 e. The monoisotopic (exact) mass is 203 g/mol. The van der Waals surface area contributed by atoms with E-state index in [0.29, 0.717) is 13.0 Å². The number of rotatable bonds is 7. The second-order valence-corrected chi connectivity index (χ2v) is 2.85. The summed E-state index contributed by atoms with van der Waals surface area (Å²) in [4.78, 5) is 31.0. The van der Waals surface area contributed by atoms with Gasteiger partial charge >= 0.3 is 11.9 Å². The van der Waals surface area contributed by atoms with Crippen molar-refractivity contribution in [1.82, 2.24) is 5.32 Å². The van der Waals surface area contributed by atoms with Gasteiger partial charge in [0.2, 0.25) is 5.78 Å². The van der Waals surface area contributed by atoms with Gasteiger partial charge in [-0.05, 0) is 19.9 Å². The van der Waals surface area contributed by atoms with E-state index < -0.39 is 23.8 Å². The van der Waals surface area contributed by atoms with Crippen molar-refractivity contribution in [3.63, 3.8) is 0 Å². The fourth-order valence-electron chi connectivity index (χ4n) is 0.762. The summed E-state index contributed by atoms with van der Waals surface area (Å²) in [6, 6.07) is -0.685. The number of carbonyl (C=O) groups excluding carboxylic acids is 1. The Hall–Kier alpha value is -1.43. The Kier molecular flexibility index (Phi) is 5.47. The molecule has 80 valence electrons. The summed E-state index contributed by atoms with van der Waals surface area (Å²) >= 11 is 0. The molecule has 0 amide bonds. The van der Waals surface area contributed by atoms with Crippen LogP contribution in [0.4, 0.5) is 0 Å². The van der Waals surface area contributed by atoms with Crippen LogP contribution < -0.4 is 5.32 Å². The zero-order valence-corrected chi connectivity index (χ0v) is 7.82. The smallest absolute Gasteiger partial charge is 0.372 e. The van der Waals surface area contributed by atoms with Crippen molar-refractivity contribution in [2.24, 2.45) is 0 Å². The molecule has 0 saturated heterocycles. The summed E-state index contributed by atoms with van der Waals surface area (Å²) < 4.78 is 0. The molecule has 14 heavy (non-hydrogen) atoms. The molecular weight excluding hydrogens is 190 g/mol. The summed E-state index contributed by atoms with van der Waals surface area (Å²) in [7, 11) is 0. The molecule has 0 saturated carbocycles. The van der Waals surface area contributed by atoms with Crippen molar-refractivity contribution >= 4 is 17.7 Å². The van der Waals surface area contributed by atoms with Gasteiger partial charge in [0.05, 0.1) is 0 Å². The quantitative estimate of drug-likeness (QED) is 0.380. The molecule has 6 nitrogen and oxygen atoms in total. The van der Waals surface area contributed by atoms with Gasteiger partial charge in [0, 0.05) is 6.42 Å². The molecule has 0 aromatic heterocycles. The lowest BCUT2D eigenvalue weighted by Gasteiger charge is -2.07. The third kappa shape index (κ3) is 5.26. The van der Waals surface area contributed by atoms with Gasteiger partial charge in [-0.1, -0.05) is 0 Å². The Morgan fingerprint density at radius 1 is 1.29 bits per heavy atom. The van der Waals surface area contributed by atoms with Crippen molar-refractivity contribution < 1.29 is 24.6 Å². The van der Waals surface area contributed by atoms with Gasteiger partial charge in [-0.25, -0.2) is 4.79 Å². The zero-order chi connectivity index (χ0) is 11.1. The Morgan fingerprint density at radius 3 is 2.29 bits per heavy atom. The molecule has 0 aliphatic heterocycles. The second-order valence-electron chi connectivity index (χ2n) is 2.85. The van der Waals surface area contributed by atoms with Crippen molar-refractivity contribution in [1.29, 1.82) is 0 Å². The van der Waals surface area contributed by atoms with Gasteiger partial charge in [0.15, 0.2) is 0 Å². The molecule has 1 atom stereocenters. The first-order chi connectivity index (χ1) is 6.45. The van der Waals surface area contributed by atoms with E-state index in [-0.39, 0.29) is 6.42 Å². The molecule has 0 aromatic carbocycles. The standard InChI is InChI=1S/C8H13NO5/c1-5(7(11)12)9-4-2-3-6(10)8(13)14/h5,9H,2-4H2,1H3,(H,11,12)(H,13,14). The molecule has 0 aliphatic rings. The number of Topliss-reactive ketones (excluding diaryl/α,β-unsaturated/α-hetero) is 1. The highest BCUT2D eigenvalue weighted by Gasteiger charge is 2.12. The lowest BCUT2D eigenvalue weighted by atomic mass is 10.2. The van der Waals surface area contributed by atoms with Crippen LogP contribution in [-0.4, -0.2) is 40.5 Å². The van der Waals surface area contributed by atoms with E-state index in [0.717, 1.165) is 0 Å². The lowest BCUT2D eigenvalue weighted by Crippen LogP contribution is -2.34. The summed E-state index contributed by atoms with van der Waals surface area (Å²) in [6.07, 6.45) is 0.247. The highest BCUT2D eigenvalue weighted by molar-refractivity contribution is 6.32. The maximum Gasteiger partial charge on any atom is 0.372 e. The van der Waals surface area contributed by atoms with E-state index in [2.05, 4.69) is 5.32 Å².